The number of ether oxygens (including phenoxy) is 1. The van der Waals surface area contributed by atoms with Gasteiger partial charge in [-0.05, 0) is 48.6 Å². The molecule has 2 aromatic rings. The molecule has 0 bridgehead atoms. The van der Waals surface area contributed by atoms with Gasteiger partial charge in [0.05, 0.1) is 7.11 Å². The number of hydrogen-bond acceptors (Lipinski definition) is 3. The van der Waals surface area contributed by atoms with Crippen LogP contribution in [-0.4, -0.2) is 13.0 Å². The molecule has 0 spiro atoms. The maximum Gasteiger partial charge on any atom is 0.224 e. The van der Waals surface area contributed by atoms with E-state index >= 15 is 0 Å². The minimum absolute atomic E-state index is 0. The first-order valence-electron chi connectivity index (χ1n) is 7.77. The van der Waals surface area contributed by atoms with E-state index in [4.69, 9.17) is 10.5 Å². The molecule has 4 nitrogen and oxygen atoms in total. The first-order valence-corrected chi connectivity index (χ1v) is 7.77. The second-order valence-electron chi connectivity index (χ2n) is 5.95. The zero-order valence-corrected chi connectivity index (χ0v) is 15.2. The lowest BCUT2D eigenvalue weighted by Crippen LogP contribution is -2.17. The van der Waals surface area contributed by atoms with Crippen LogP contribution in [-0.2, 0) is 11.2 Å². The highest BCUT2D eigenvalue weighted by Gasteiger charge is 2.13. The summed E-state index contributed by atoms with van der Waals surface area (Å²) in [6.07, 6.45) is 1.25. The summed E-state index contributed by atoms with van der Waals surface area (Å²) in [5, 5.41) is 2.95. The fourth-order valence-electron chi connectivity index (χ4n) is 2.61. The van der Waals surface area contributed by atoms with Gasteiger partial charge >= 0.3 is 0 Å². The molecular formula is C19H25ClN2O2. The Morgan fingerprint density at radius 2 is 1.96 bits per heavy atom. The van der Waals surface area contributed by atoms with Crippen LogP contribution in [0, 0.1) is 12.8 Å². The fourth-order valence-corrected chi connectivity index (χ4v) is 2.61. The van der Waals surface area contributed by atoms with Crippen molar-refractivity contribution in [3.05, 3.63) is 53.6 Å². The van der Waals surface area contributed by atoms with Crippen molar-refractivity contribution in [1.29, 1.82) is 0 Å². The maximum absolute atomic E-state index is 12.2. The van der Waals surface area contributed by atoms with Gasteiger partial charge in [0.2, 0.25) is 5.91 Å². The van der Waals surface area contributed by atoms with E-state index in [-0.39, 0.29) is 24.2 Å². The van der Waals surface area contributed by atoms with Gasteiger partial charge in [-0.2, -0.15) is 0 Å². The van der Waals surface area contributed by atoms with E-state index < -0.39 is 0 Å². The number of nitrogen functional groups attached to an aromatic ring is 1. The van der Waals surface area contributed by atoms with Crippen LogP contribution in [0.15, 0.2) is 42.5 Å². The summed E-state index contributed by atoms with van der Waals surface area (Å²) in [5.74, 6) is 1.08. The van der Waals surface area contributed by atoms with E-state index in [1.54, 1.807) is 13.2 Å². The van der Waals surface area contributed by atoms with Crippen molar-refractivity contribution < 1.29 is 9.53 Å². The van der Waals surface area contributed by atoms with E-state index in [1.165, 1.54) is 0 Å². The number of aryl methyl sites for hydroxylation is 1. The van der Waals surface area contributed by atoms with Crippen LogP contribution in [0.5, 0.6) is 5.75 Å². The van der Waals surface area contributed by atoms with Gasteiger partial charge in [0.1, 0.15) is 5.75 Å². The van der Waals surface area contributed by atoms with Crippen LogP contribution < -0.4 is 15.8 Å². The zero-order chi connectivity index (χ0) is 16.8. The summed E-state index contributed by atoms with van der Waals surface area (Å²) in [6, 6.07) is 13.4. The van der Waals surface area contributed by atoms with E-state index in [0.717, 1.165) is 29.0 Å². The molecule has 0 aliphatic rings. The van der Waals surface area contributed by atoms with Gasteiger partial charge in [-0.1, -0.05) is 31.2 Å². The number of carbonyl (C=O) groups excluding carboxylic acids is 1. The van der Waals surface area contributed by atoms with Crippen molar-refractivity contribution in [2.24, 2.45) is 5.92 Å². The van der Waals surface area contributed by atoms with Crippen molar-refractivity contribution >= 4 is 29.7 Å². The predicted molar refractivity (Wildman–Crippen MR) is 102 cm³/mol. The van der Waals surface area contributed by atoms with Crippen LogP contribution in [0.4, 0.5) is 11.4 Å². The van der Waals surface area contributed by atoms with Crippen molar-refractivity contribution in [3.63, 3.8) is 0 Å². The van der Waals surface area contributed by atoms with E-state index in [9.17, 15) is 4.79 Å². The number of anilines is 2. The lowest BCUT2D eigenvalue weighted by atomic mass is 9.97. The Morgan fingerprint density at radius 1 is 1.25 bits per heavy atom. The summed E-state index contributed by atoms with van der Waals surface area (Å²) in [4.78, 5) is 12.2. The molecule has 0 fully saturated rings. The summed E-state index contributed by atoms with van der Waals surface area (Å²) in [6.45, 7) is 4.02. The number of nitrogens with two attached hydrogens (primary N) is 1. The van der Waals surface area contributed by atoms with Crippen LogP contribution in [0.25, 0.3) is 0 Å². The van der Waals surface area contributed by atoms with E-state index in [0.29, 0.717) is 12.1 Å². The van der Waals surface area contributed by atoms with Gasteiger partial charge < -0.3 is 15.8 Å². The Hall–Kier alpha value is -2.20. The molecule has 24 heavy (non-hydrogen) atoms. The first-order chi connectivity index (χ1) is 11.0. The average molecular weight is 349 g/mol. The number of rotatable bonds is 6. The second-order valence-corrected chi connectivity index (χ2v) is 5.95. The Balaban J connectivity index is 0.00000288. The highest BCUT2D eigenvalue weighted by molar-refractivity contribution is 5.92. The first kappa shape index (κ1) is 19.8. The second kappa shape index (κ2) is 9.18. The fraction of sp³-hybridized carbons (Fsp3) is 0.316. The number of methoxy groups -OCH3 is 1. The van der Waals surface area contributed by atoms with E-state index in [2.05, 4.69) is 12.2 Å². The van der Waals surface area contributed by atoms with Gasteiger partial charge in [-0.15, -0.1) is 12.4 Å². The molecule has 0 heterocycles. The molecule has 1 unspecified atom stereocenters. The number of amides is 1. The van der Waals surface area contributed by atoms with Crippen LogP contribution in [0.2, 0.25) is 0 Å². The molecule has 0 saturated carbocycles. The Bertz CT molecular complexity index is 689. The predicted octanol–water partition coefficient (Wildman–Crippen LogP) is 4.22. The maximum atomic E-state index is 12.2. The monoisotopic (exact) mass is 348 g/mol. The number of benzene rings is 2. The molecule has 0 aliphatic heterocycles. The quantitative estimate of drug-likeness (QED) is 0.768. The van der Waals surface area contributed by atoms with Gasteiger partial charge in [0, 0.05) is 17.8 Å². The Labute approximate surface area is 149 Å². The molecular weight excluding hydrogens is 324 g/mol. The zero-order valence-electron chi connectivity index (χ0n) is 14.3. The van der Waals surface area contributed by atoms with Gasteiger partial charge in [-0.3, -0.25) is 4.79 Å². The van der Waals surface area contributed by atoms with E-state index in [1.807, 2.05) is 43.3 Å². The third kappa shape index (κ3) is 5.46. The van der Waals surface area contributed by atoms with Crippen LogP contribution >= 0.6 is 12.4 Å². The third-order valence-electron chi connectivity index (χ3n) is 3.83. The molecule has 0 aliphatic carbocycles. The van der Waals surface area contributed by atoms with Gasteiger partial charge in [-0.25, -0.2) is 0 Å². The molecule has 1 amide bonds. The molecule has 0 aromatic heterocycles. The SMILES string of the molecule is COc1ccccc1CC(C)CC(=O)Nc1cc(N)ccc1C.Cl. The van der Waals surface area contributed by atoms with Crippen LogP contribution in [0.1, 0.15) is 24.5 Å². The highest BCUT2D eigenvalue weighted by atomic mass is 35.5. The van der Waals surface area contributed by atoms with Crippen molar-refractivity contribution in [2.75, 3.05) is 18.2 Å². The summed E-state index contributed by atoms with van der Waals surface area (Å²) in [5.41, 5.74) is 9.32. The average Bonchev–Trinajstić information content (AvgIpc) is 2.51. The molecule has 130 valence electrons. The molecule has 0 radical (unpaired) electrons. The summed E-state index contributed by atoms with van der Waals surface area (Å²) >= 11 is 0. The Kier molecular flexibility index (Phi) is 7.59. The van der Waals surface area contributed by atoms with Gasteiger partial charge in [0.25, 0.3) is 0 Å². The minimum Gasteiger partial charge on any atom is -0.496 e. The number of nitrogens with one attached hydrogen (secondary N) is 1. The molecule has 3 N–H and O–H groups in total. The third-order valence-corrected chi connectivity index (χ3v) is 3.83. The Morgan fingerprint density at radius 3 is 2.67 bits per heavy atom. The van der Waals surface area contributed by atoms with Crippen molar-refractivity contribution in [2.45, 2.75) is 26.7 Å². The summed E-state index contributed by atoms with van der Waals surface area (Å²) < 4.78 is 5.36. The number of halogens is 1. The lowest BCUT2D eigenvalue weighted by molar-refractivity contribution is -0.116. The molecule has 2 aromatic carbocycles. The number of carbonyl (C=O) groups is 1. The van der Waals surface area contributed by atoms with Crippen molar-refractivity contribution in [1.82, 2.24) is 0 Å². The van der Waals surface area contributed by atoms with Crippen molar-refractivity contribution in [3.8, 4) is 5.75 Å². The van der Waals surface area contributed by atoms with Gasteiger partial charge in [0.15, 0.2) is 0 Å². The largest absolute Gasteiger partial charge is 0.496 e. The topological polar surface area (TPSA) is 64.3 Å². The molecule has 1 atom stereocenters. The minimum atomic E-state index is 0. The molecule has 2 rings (SSSR count). The standard InChI is InChI=1S/C19H24N2O2.ClH/c1-13(10-15-6-4-5-7-18(15)23-3)11-19(22)21-17-12-16(20)9-8-14(17)2;/h4-9,12-13H,10-11,20H2,1-3H3,(H,21,22);1H. The number of hydrogen-bond donors (Lipinski definition) is 2. The van der Waals surface area contributed by atoms with Crippen LogP contribution in [0.3, 0.4) is 0 Å². The highest BCUT2D eigenvalue weighted by Crippen LogP contribution is 2.23. The normalized spacial score (nSPS) is 11.3. The molecule has 5 heteroatoms. The smallest absolute Gasteiger partial charge is 0.224 e. The number of para-hydroxylation sites is 1. The molecule has 0 saturated heterocycles. The lowest BCUT2D eigenvalue weighted by Gasteiger charge is -2.15. The summed E-state index contributed by atoms with van der Waals surface area (Å²) in [7, 11) is 1.67.